The van der Waals surface area contributed by atoms with Crippen LogP contribution in [0.2, 0.25) is 0 Å². The van der Waals surface area contributed by atoms with Crippen molar-refractivity contribution in [3.05, 3.63) is 69.3 Å². The molecule has 0 atom stereocenters. The largest absolute Gasteiger partial charge is 0.289 e. The normalized spacial score (nSPS) is 10.8. The molecule has 3 aromatic rings. The lowest BCUT2D eigenvalue weighted by molar-refractivity contribution is 0.104. The zero-order valence-electron chi connectivity index (χ0n) is 9.69. The second kappa shape index (κ2) is 4.87. The summed E-state index contributed by atoms with van der Waals surface area (Å²) in [5.41, 5.74) is 0.980. The third-order valence-corrected chi connectivity index (χ3v) is 4.27. The van der Waals surface area contributed by atoms with Crippen LogP contribution in [0.1, 0.15) is 15.9 Å². The quantitative estimate of drug-likeness (QED) is 0.600. The highest BCUT2D eigenvalue weighted by Crippen LogP contribution is 2.28. The van der Waals surface area contributed by atoms with E-state index in [1.54, 1.807) is 6.07 Å². The van der Waals surface area contributed by atoms with Crippen LogP contribution >= 0.6 is 27.3 Å². The minimum absolute atomic E-state index is 0.155. The Morgan fingerprint density at radius 3 is 2.74 bits per heavy atom. The van der Waals surface area contributed by atoms with Gasteiger partial charge in [0.2, 0.25) is 0 Å². The predicted molar refractivity (Wildman–Crippen MR) is 79.4 cm³/mol. The van der Waals surface area contributed by atoms with E-state index in [9.17, 15) is 9.18 Å². The van der Waals surface area contributed by atoms with Gasteiger partial charge in [0.05, 0.1) is 0 Å². The van der Waals surface area contributed by atoms with Gasteiger partial charge >= 0.3 is 0 Å². The van der Waals surface area contributed by atoms with Crippen molar-refractivity contribution in [2.24, 2.45) is 0 Å². The van der Waals surface area contributed by atoms with Crippen molar-refractivity contribution in [1.82, 2.24) is 0 Å². The summed E-state index contributed by atoms with van der Waals surface area (Å²) in [5, 5.41) is 2.74. The van der Waals surface area contributed by atoms with Gasteiger partial charge in [0.1, 0.15) is 5.82 Å². The van der Waals surface area contributed by atoms with Gasteiger partial charge in [-0.2, -0.15) is 0 Å². The van der Waals surface area contributed by atoms with Crippen LogP contribution in [0.4, 0.5) is 4.39 Å². The van der Waals surface area contributed by atoms with E-state index in [-0.39, 0.29) is 5.78 Å². The van der Waals surface area contributed by atoms with Crippen LogP contribution in [0, 0.1) is 5.82 Å². The van der Waals surface area contributed by atoms with Gasteiger partial charge in [-0.3, -0.25) is 4.79 Å². The van der Waals surface area contributed by atoms with E-state index in [0.29, 0.717) is 15.6 Å². The van der Waals surface area contributed by atoms with Crippen molar-refractivity contribution in [2.45, 2.75) is 0 Å². The Kier molecular flexibility index (Phi) is 3.21. The smallest absolute Gasteiger partial charge is 0.194 e. The molecule has 1 nitrogen and oxygen atoms in total. The third-order valence-electron chi connectivity index (χ3n) is 2.85. The van der Waals surface area contributed by atoms with Gasteiger partial charge in [-0.1, -0.05) is 34.1 Å². The maximum atomic E-state index is 13.4. The lowest BCUT2D eigenvalue weighted by atomic mass is 10.0. The van der Waals surface area contributed by atoms with Crippen LogP contribution in [0.15, 0.2) is 52.3 Å². The predicted octanol–water partition coefficient (Wildman–Crippen LogP) is 5.03. The molecular weight excluding hydrogens is 327 g/mol. The highest BCUT2D eigenvalue weighted by Gasteiger charge is 2.15. The van der Waals surface area contributed by atoms with E-state index < -0.39 is 5.82 Å². The van der Waals surface area contributed by atoms with Crippen LogP contribution in [-0.2, 0) is 0 Å². The standard InChI is InChI=1S/C15H8BrFOS/c16-10-5-9(6-11(17)7-10)15(18)13-8-19-14-4-2-1-3-12(13)14/h1-8H. The van der Waals surface area contributed by atoms with Gasteiger partial charge in [-0.15, -0.1) is 11.3 Å². The summed E-state index contributed by atoms with van der Waals surface area (Å²) in [5.74, 6) is -0.574. The summed E-state index contributed by atoms with van der Waals surface area (Å²) < 4.78 is 15.0. The lowest BCUT2D eigenvalue weighted by Crippen LogP contribution is -2.01. The number of carbonyl (C=O) groups is 1. The first-order valence-corrected chi connectivity index (χ1v) is 7.29. The fourth-order valence-corrected chi connectivity index (χ4v) is 3.40. The molecule has 2 aromatic carbocycles. The zero-order valence-corrected chi connectivity index (χ0v) is 12.1. The minimum atomic E-state index is -0.419. The molecule has 1 heterocycles. The maximum absolute atomic E-state index is 13.4. The summed E-state index contributed by atoms with van der Waals surface area (Å²) in [6.45, 7) is 0. The maximum Gasteiger partial charge on any atom is 0.194 e. The molecule has 0 spiro atoms. The van der Waals surface area contributed by atoms with Gasteiger partial charge in [0, 0.05) is 31.1 Å². The molecule has 0 bridgehead atoms. The zero-order chi connectivity index (χ0) is 13.4. The highest BCUT2D eigenvalue weighted by molar-refractivity contribution is 9.10. The summed E-state index contributed by atoms with van der Waals surface area (Å²) in [6, 6.07) is 11.9. The van der Waals surface area contributed by atoms with Gasteiger partial charge in [-0.25, -0.2) is 4.39 Å². The molecule has 0 aliphatic heterocycles. The molecular formula is C15H8BrFOS. The third kappa shape index (κ3) is 2.33. The van der Waals surface area contributed by atoms with Gasteiger partial charge in [-0.05, 0) is 24.3 Å². The van der Waals surface area contributed by atoms with E-state index >= 15 is 0 Å². The molecule has 0 aliphatic carbocycles. The molecule has 1 aromatic heterocycles. The first kappa shape index (κ1) is 12.5. The number of halogens is 2. The first-order chi connectivity index (χ1) is 9.15. The number of rotatable bonds is 2. The van der Waals surface area contributed by atoms with E-state index in [4.69, 9.17) is 0 Å². The second-order valence-corrected chi connectivity index (χ2v) is 5.96. The number of fused-ring (bicyclic) bond motifs is 1. The monoisotopic (exact) mass is 334 g/mol. The van der Waals surface area contributed by atoms with E-state index in [2.05, 4.69) is 15.9 Å². The van der Waals surface area contributed by atoms with Crippen molar-refractivity contribution in [3.8, 4) is 0 Å². The number of carbonyl (C=O) groups excluding carboxylic acids is 1. The summed E-state index contributed by atoms with van der Waals surface area (Å²) >= 11 is 4.72. The van der Waals surface area contributed by atoms with Crippen LogP contribution in [0.5, 0.6) is 0 Å². The van der Waals surface area contributed by atoms with Crippen molar-refractivity contribution >= 4 is 43.1 Å². The Bertz CT molecular complexity index is 758. The van der Waals surface area contributed by atoms with Crippen LogP contribution in [0.3, 0.4) is 0 Å². The molecule has 94 valence electrons. The molecule has 0 saturated carbocycles. The Hall–Kier alpha value is -1.52. The molecule has 0 N–H and O–H groups in total. The molecule has 0 amide bonds. The summed E-state index contributed by atoms with van der Waals surface area (Å²) in [7, 11) is 0. The number of hydrogen-bond acceptors (Lipinski definition) is 2. The molecule has 0 saturated heterocycles. The summed E-state index contributed by atoms with van der Waals surface area (Å²) in [6.07, 6.45) is 0. The molecule has 0 unspecified atom stereocenters. The molecule has 0 radical (unpaired) electrons. The van der Waals surface area contributed by atoms with Gasteiger partial charge in [0.25, 0.3) is 0 Å². The van der Waals surface area contributed by atoms with Crippen LogP contribution in [0.25, 0.3) is 10.1 Å². The molecule has 0 aliphatic rings. The Morgan fingerprint density at radius 2 is 1.95 bits per heavy atom. The van der Waals surface area contributed by atoms with Crippen molar-refractivity contribution in [2.75, 3.05) is 0 Å². The number of benzene rings is 2. The number of ketones is 1. The SMILES string of the molecule is O=C(c1cc(F)cc(Br)c1)c1csc2ccccc12. The minimum Gasteiger partial charge on any atom is -0.289 e. The van der Waals surface area contributed by atoms with Crippen molar-refractivity contribution in [3.63, 3.8) is 0 Å². The lowest BCUT2D eigenvalue weighted by Gasteiger charge is -2.01. The van der Waals surface area contributed by atoms with E-state index in [1.807, 2.05) is 29.6 Å². The highest BCUT2D eigenvalue weighted by atomic mass is 79.9. The van der Waals surface area contributed by atoms with Crippen molar-refractivity contribution in [1.29, 1.82) is 0 Å². The summed E-state index contributed by atoms with van der Waals surface area (Å²) in [4.78, 5) is 12.4. The topological polar surface area (TPSA) is 17.1 Å². The van der Waals surface area contributed by atoms with Crippen molar-refractivity contribution < 1.29 is 9.18 Å². The fourth-order valence-electron chi connectivity index (χ4n) is 1.99. The first-order valence-electron chi connectivity index (χ1n) is 5.62. The second-order valence-electron chi connectivity index (χ2n) is 4.13. The molecule has 19 heavy (non-hydrogen) atoms. The molecule has 3 rings (SSSR count). The van der Waals surface area contributed by atoms with E-state index in [0.717, 1.165) is 10.1 Å². The van der Waals surface area contributed by atoms with E-state index in [1.165, 1.54) is 23.5 Å². The molecule has 4 heteroatoms. The fraction of sp³-hybridized carbons (Fsp3) is 0. The average molecular weight is 335 g/mol. The Morgan fingerprint density at radius 1 is 1.16 bits per heavy atom. The number of hydrogen-bond donors (Lipinski definition) is 0. The van der Waals surface area contributed by atoms with Gasteiger partial charge < -0.3 is 0 Å². The van der Waals surface area contributed by atoms with Crippen LogP contribution in [-0.4, -0.2) is 5.78 Å². The number of thiophene rings is 1. The average Bonchev–Trinajstić information content (AvgIpc) is 2.80. The Balaban J connectivity index is 2.13. The molecule has 0 fully saturated rings. The van der Waals surface area contributed by atoms with Gasteiger partial charge in [0.15, 0.2) is 5.78 Å². The Labute approximate surface area is 121 Å². The van der Waals surface area contributed by atoms with Crippen LogP contribution < -0.4 is 0 Å².